The average molecular weight is 275 g/mol. The van der Waals surface area contributed by atoms with Crippen LogP contribution in [-0.4, -0.2) is 15.5 Å². The summed E-state index contributed by atoms with van der Waals surface area (Å²) < 4.78 is 6.43. The molecule has 96 valence electrons. The van der Waals surface area contributed by atoms with E-state index in [-0.39, 0.29) is 5.91 Å². The van der Waals surface area contributed by atoms with Crippen molar-refractivity contribution in [3.8, 4) is 0 Å². The Morgan fingerprint density at radius 1 is 1.47 bits per heavy atom. The maximum Gasteiger partial charge on any atom is 0.419 e. The molecule has 6 nitrogen and oxygen atoms in total. The number of anilines is 1. The van der Waals surface area contributed by atoms with Crippen molar-refractivity contribution in [3.63, 3.8) is 0 Å². The highest BCUT2D eigenvalue weighted by Crippen LogP contribution is 2.16. The monoisotopic (exact) mass is 275 g/mol. The number of carbonyl (C=O) groups is 1. The number of rotatable bonds is 2. The summed E-state index contributed by atoms with van der Waals surface area (Å²) in [6, 6.07) is 4.86. The maximum atomic E-state index is 12.0. The Kier molecular flexibility index (Phi) is 2.68. The van der Waals surface area contributed by atoms with E-state index in [0.29, 0.717) is 21.8 Å². The fourth-order valence-corrected chi connectivity index (χ4v) is 2.25. The molecule has 1 aromatic carbocycles. The molecule has 0 saturated carbocycles. The van der Waals surface area contributed by atoms with Gasteiger partial charge in [0.05, 0.1) is 5.52 Å². The van der Waals surface area contributed by atoms with Gasteiger partial charge in [-0.25, -0.2) is 9.78 Å². The Hall–Kier alpha value is -2.41. The van der Waals surface area contributed by atoms with E-state index < -0.39 is 5.76 Å². The van der Waals surface area contributed by atoms with Crippen LogP contribution in [0.3, 0.4) is 0 Å². The van der Waals surface area contributed by atoms with Crippen LogP contribution in [0.15, 0.2) is 39.0 Å². The lowest BCUT2D eigenvalue weighted by molar-refractivity contribution is 0.102. The zero-order valence-electron chi connectivity index (χ0n) is 9.91. The minimum absolute atomic E-state index is 0.289. The third-order valence-corrected chi connectivity index (χ3v) is 3.40. The van der Waals surface area contributed by atoms with Crippen LogP contribution in [-0.2, 0) is 7.05 Å². The molecule has 3 aromatic rings. The molecule has 0 fully saturated rings. The van der Waals surface area contributed by atoms with Gasteiger partial charge in [0.1, 0.15) is 0 Å². The third kappa shape index (κ3) is 2.04. The summed E-state index contributed by atoms with van der Waals surface area (Å²) in [5, 5.41) is 4.97. The van der Waals surface area contributed by atoms with Crippen molar-refractivity contribution in [2.24, 2.45) is 7.05 Å². The summed E-state index contributed by atoms with van der Waals surface area (Å²) in [5.41, 5.74) is 1.45. The van der Waals surface area contributed by atoms with E-state index in [0.717, 1.165) is 0 Å². The lowest BCUT2D eigenvalue weighted by atomic mass is 10.2. The molecule has 2 aromatic heterocycles. The molecule has 0 radical (unpaired) electrons. The number of thiazole rings is 1. The molecule has 0 saturated heterocycles. The van der Waals surface area contributed by atoms with E-state index >= 15 is 0 Å². The van der Waals surface area contributed by atoms with Crippen LogP contribution in [0.5, 0.6) is 0 Å². The molecule has 2 heterocycles. The molecule has 0 bridgehead atoms. The summed E-state index contributed by atoms with van der Waals surface area (Å²) in [6.07, 6.45) is 1.61. The smallest absolute Gasteiger partial charge is 0.408 e. The molecule has 0 spiro atoms. The van der Waals surface area contributed by atoms with Gasteiger partial charge in [-0.3, -0.25) is 14.7 Å². The van der Waals surface area contributed by atoms with Crippen molar-refractivity contribution >= 4 is 33.5 Å². The standard InChI is InChI=1S/C12H9N3O3S/c1-15-8-3-2-7(6-9(8)18-12(15)17)10(16)14-11-13-4-5-19-11/h2-6H,1H3,(H,13,14,16). The van der Waals surface area contributed by atoms with Crippen LogP contribution in [0, 0.1) is 0 Å². The van der Waals surface area contributed by atoms with Crippen molar-refractivity contribution in [2.45, 2.75) is 0 Å². The lowest BCUT2D eigenvalue weighted by Crippen LogP contribution is -2.11. The largest absolute Gasteiger partial charge is 0.419 e. The van der Waals surface area contributed by atoms with Gasteiger partial charge in [-0.2, -0.15) is 0 Å². The van der Waals surface area contributed by atoms with Gasteiger partial charge in [0.25, 0.3) is 5.91 Å². The maximum absolute atomic E-state index is 12.0. The predicted octanol–water partition coefficient (Wildman–Crippen LogP) is 1.84. The lowest BCUT2D eigenvalue weighted by Gasteiger charge is -2.01. The second-order valence-electron chi connectivity index (χ2n) is 3.90. The molecular weight excluding hydrogens is 266 g/mol. The first-order chi connectivity index (χ1) is 9.15. The van der Waals surface area contributed by atoms with Crippen LogP contribution < -0.4 is 11.1 Å². The molecule has 19 heavy (non-hydrogen) atoms. The molecule has 0 unspecified atom stereocenters. The number of carbonyl (C=O) groups excluding carboxylic acids is 1. The quantitative estimate of drug-likeness (QED) is 0.774. The van der Waals surface area contributed by atoms with E-state index in [1.807, 2.05) is 0 Å². The molecule has 1 N–H and O–H groups in total. The fourth-order valence-electron chi connectivity index (χ4n) is 1.73. The van der Waals surface area contributed by atoms with E-state index in [1.165, 1.54) is 15.9 Å². The number of benzene rings is 1. The zero-order valence-corrected chi connectivity index (χ0v) is 10.7. The Morgan fingerprint density at radius 3 is 3.05 bits per heavy atom. The van der Waals surface area contributed by atoms with Crippen molar-refractivity contribution in [2.75, 3.05) is 5.32 Å². The van der Waals surface area contributed by atoms with Crippen LogP contribution in [0.1, 0.15) is 10.4 Å². The van der Waals surface area contributed by atoms with Gasteiger partial charge in [-0.1, -0.05) is 0 Å². The number of amides is 1. The molecule has 0 aliphatic rings. The molecule has 0 aliphatic carbocycles. The first-order valence-corrected chi connectivity index (χ1v) is 6.33. The van der Waals surface area contributed by atoms with E-state index in [9.17, 15) is 9.59 Å². The third-order valence-electron chi connectivity index (χ3n) is 2.71. The van der Waals surface area contributed by atoms with Gasteiger partial charge < -0.3 is 4.42 Å². The highest BCUT2D eigenvalue weighted by atomic mass is 32.1. The minimum Gasteiger partial charge on any atom is -0.408 e. The topological polar surface area (TPSA) is 77.1 Å². The van der Waals surface area contributed by atoms with Gasteiger partial charge in [0, 0.05) is 24.2 Å². The van der Waals surface area contributed by atoms with Gasteiger partial charge in [0.2, 0.25) is 0 Å². The normalized spacial score (nSPS) is 10.8. The Morgan fingerprint density at radius 2 is 2.32 bits per heavy atom. The van der Waals surface area contributed by atoms with Crippen LogP contribution in [0.25, 0.3) is 11.1 Å². The Labute approximate surface area is 111 Å². The van der Waals surface area contributed by atoms with Crippen LogP contribution in [0.4, 0.5) is 5.13 Å². The van der Waals surface area contributed by atoms with Crippen LogP contribution >= 0.6 is 11.3 Å². The number of oxazole rings is 1. The Balaban J connectivity index is 1.97. The van der Waals surface area contributed by atoms with E-state index in [1.54, 1.807) is 36.8 Å². The predicted molar refractivity (Wildman–Crippen MR) is 71.5 cm³/mol. The number of nitrogens with one attached hydrogen (secondary N) is 1. The number of aromatic nitrogens is 2. The first kappa shape index (κ1) is 11.7. The van der Waals surface area contributed by atoms with Crippen molar-refractivity contribution in [1.82, 2.24) is 9.55 Å². The summed E-state index contributed by atoms with van der Waals surface area (Å²) in [4.78, 5) is 27.3. The number of nitrogens with zero attached hydrogens (tertiary/aromatic N) is 2. The van der Waals surface area contributed by atoms with E-state index in [4.69, 9.17) is 4.42 Å². The van der Waals surface area contributed by atoms with E-state index in [2.05, 4.69) is 10.3 Å². The second-order valence-corrected chi connectivity index (χ2v) is 4.80. The zero-order chi connectivity index (χ0) is 13.4. The van der Waals surface area contributed by atoms with Gasteiger partial charge >= 0.3 is 5.76 Å². The van der Waals surface area contributed by atoms with Crippen molar-refractivity contribution < 1.29 is 9.21 Å². The number of hydrogen-bond acceptors (Lipinski definition) is 5. The molecule has 1 amide bonds. The molecular formula is C12H9N3O3S. The number of hydrogen-bond donors (Lipinski definition) is 1. The van der Waals surface area contributed by atoms with Crippen LogP contribution in [0.2, 0.25) is 0 Å². The summed E-state index contributed by atoms with van der Waals surface area (Å²) in [7, 11) is 1.61. The van der Waals surface area contributed by atoms with Gasteiger partial charge in [-0.15, -0.1) is 11.3 Å². The average Bonchev–Trinajstić information content (AvgIpc) is 2.99. The second kappa shape index (κ2) is 4.36. The fraction of sp³-hybridized carbons (Fsp3) is 0.0833. The van der Waals surface area contributed by atoms with Crippen molar-refractivity contribution in [1.29, 1.82) is 0 Å². The number of aryl methyl sites for hydroxylation is 1. The summed E-state index contributed by atoms with van der Waals surface area (Å²) in [6.45, 7) is 0. The van der Waals surface area contributed by atoms with Gasteiger partial charge in [0.15, 0.2) is 10.7 Å². The Bertz CT molecular complexity index is 801. The minimum atomic E-state index is -0.451. The summed E-state index contributed by atoms with van der Waals surface area (Å²) >= 11 is 1.34. The molecule has 7 heteroatoms. The molecule has 0 aliphatic heterocycles. The highest BCUT2D eigenvalue weighted by Gasteiger charge is 2.11. The SMILES string of the molecule is Cn1c(=O)oc2cc(C(=O)Nc3nccs3)ccc21. The van der Waals surface area contributed by atoms with Crippen molar-refractivity contribution in [3.05, 3.63) is 45.9 Å². The molecule has 3 rings (SSSR count). The first-order valence-electron chi connectivity index (χ1n) is 5.45. The highest BCUT2D eigenvalue weighted by molar-refractivity contribution is 7.13. The summed E-state index contributed by atoms with van der Waals surface area (Å²) in [5.74, 6) is -0.740. The number of fused-ring (bicyclic) bond motifs is 1. The molecule has 0 atom stereocenters. The van der Waals surface area contributed by atoms with Gasteiger partial charge in [-0.05, 0) is 18.2 Å².